The number of amides is 1. The van der Waals surface area contributed by atoms with Crippen LogP contribution >= 0.6 is 0 Å². The van der Waals surface area contributed by atoms with Gasteiger partial charge in [0.25, 0.3) is 0 Å². The van der Waals surface area contributed by atoms with E-state index in [9.17, 15) is 4.79 Å². The van der Waals surface area contributed by atoms with Crippen molar-refractivity contribution in [2.45, 2.75) is 13.5 Å². The Morgan fingerprint density at radius 1 is 1.00 bits per heavy atom. The lowest BCUT2D eigenvalue weighted by Crippen LogP contribution is -2.20. The maximum atomic E-state index is 12.4. The first-order chi connectivity index (χ1) is 12.7. The van der Waals surface area contributed by atoms with Gasteiger partial charge in [0, 0.05) is 16.6 Å². The second-order valence-corrected chi connectivity index (χ2v) is 6.03. The highest BCUT2D eigenvalue weighted by atomic mass is 16.2. The summed E-state index contributed by atoms with van der Waals surface area (Å²) in [6.45, 7) is 1.99. The molecule has 0 unspecified atom stereocenters. The molecule has 6 nitrogen and oxygen atoms in total. The van der Waals surface area contributed by atoms with Crippen LogP contribution in [0.15, 0.2) is 66.7 Å². The Bertz CT molecular complexity index is 1080. The molecule has 0 aliphatic rings. The molecule has 0 saturated heterocycles. The van der Waals surface area contributed by atoms with Crippen LogP contribution in [0.2, 0.25) is 0 Å². The van der Waals surface area contributed by atoms with E-state index in [1.54, 1.807) is 0 Å². The first kappa shape index (κ1) is 16.0. The van der Waals surface area contributed by atoms with Crippen molar-refractivity contribution < 1.29 is 4.79 Å². The third-order valence-corrected chi connectivity index (χ3v) is 4.19. The molecular weight excluding hydrogens is 326 g/mol. The van der Waals surface area contributed by atoms with Crippen LogP contribution in [0.4, 0.5) is 5.69 Å². The minimum absolute atomic E-state index is 0.00209. The maximum absolute atomic E-state index is 12.4. The minimum atomic E-state index is -0.199. The molecule has 1 N–H and O–H groups in total. The van der Waals surface area contributed by atoms with Gasteiger partial charge in [0.2, 0.25) is 11.7 Å². The fraction of sp³-hybridized carbons (Fsp3) is 0.100. The van der Waals surface area contributed by atoms with Gasteiger partial charge >= 0.3 is 0 Å². The fourth-order valence-corrected chi connectivity index (χ4v) is 2.89. The Balaban J connectivity index is 1.51. The van der Waals surface area contributed by atoms with Crippen LogP contribution in [-0.4, -0.2) is 26.1 Å². The largest absolute Gasteiger partial charge is 0.324 e. The summed E-state index contributed by atoms with van der Waals surface area (Å²) < 4.78 is 0. The van der Waals surface area contributed by atoms with Crippen molar-refractivity contribution in [3.05, 3.63) is 72.3 Å². The molecule has 26 heavy (non-hydrogen) atoms. The maximum Gasteiger partial charge on any atom is 0.248 e. The van der Waals surface area contributed by atoms with E-state index in [1.807, 2.05) is 73.7 Å². The molecule has 0 fully saturated rings. The number of anilines is 1. The summed E-state index contributed by atoms with van der Waals surface area (Å²) in [7, 11) is 0. The average Bonchev–Trinajstić information content (AvgIpc) is 3.10. The number of aromatic nitrogens is 4. The summed E-state index contributed by atoms with van der Waals surface area (Å²) in [6.07, 6.45) is 0. The summed E-state index contributed by atoms with van der Waals surface area (Å²) in [4.78, 5) is 13.7. The lowest BCUT2D eigenvalue weighted by atomic mass is 10.1. The third kappa shape index (κ3) is 3.17. The molecule has 0 bridgehead atoms. The van der Waals surface area contributed by atoms with E-state index in [0.29, 0.717) is 5.82 Å². The van der Waals surface area contributed by atoms with Gasteiger partial charge in [-0.25, -0.2) is 0 Å². The number of carbonyl (C=O) groups is 1. The molecule has 0 radical (unpaired) electrons. The van der Waals surface area contributed by atoms with Crippen LogP contribution in [0.3, 0.4) is 0 Å². The fourth-order valence-electron chi connectivity index (χ4n) is 2.89. The van der Waals surface area contributed by atoms with E-state index in [1.165, 1.54) is 4.80 Å². The second-order valence-electron chi connectivity index (χ2n) is 6.03. The average molecular weight is 343 g/mol. The smallest absolute Gasteiger partial charge is 0.248 e. The molecule has 4 aromatic rings. The van der Waals surface area contributed by atoms with Crippen molar-refractivity contribution in [3.63, 3.8) is 0 Å². The normalized spacial score (nSPS) is 10.8. The van der Waals surface area contributed by atoms with E-state index < -0.39 is 0 Å². The molecule has 1 amide bonds. The van der Waals surface area contributed by atoms with Gasteiger partial charge in [-0.1, -0.05) is 60.7 Å². The number of aryl methyl sites for hydroxylation is 1. The van der Waals surface area contributed by atoms with Gasteiger partial charge in [-0.3, -0.25) is 4.79 Å². The number of nitrogens with one attached hydrogen (secondary N) is 1. The zero-order valence-electron chi connectivity index (χ0n) is 14.3. The van der Waals surface area contributed by atoms with Crippen LogP contribution in [-0.2, 0) is 11.3 Å². The molecule has 0 aliphatic heterocycles. The standard InChI is InChI=1S/C20H17N5O/c1-14-7-2-4-10-16(14)20-22-24-25(23-20)13-19(26)21-18-12-6-9-15-8-3-5-11-17(15)18/h2-12H,13H2,1H3,(H,21,26). The number of rotatable bonds is 4. The molecule has 4 rings (SSSR count). The van der Waals surface area contributed by atoms with Crippen LogP contribution in [0.5, 0.6) is 0 Å². The SMILES string of the molecule is Cc1ccccc1-c1nnn(CC(=O)Nc2cccc3ccccc23)n1. The van der Waals surface area contributed by atoms with Crippen molar-refractivity contribution in [1.82, 2.24) is 20.2 Å². The lowest BCUT2D eigenvalue weighted by Gasteiger charge is -2.08. The lowest BCUT2D eigenvalue weighted by molar-refractivity contribution is -0.117. The molecular formula is C20H17N5O. The molecule has 1 aromatic heterocycles. The predicted molar refractivity (Wildman–Crippen MR) is 101 cm³/mol. The summed E-state index contributed by atoms with van der Waals surface area (Å²) in [5.74, 6) is 0.316. The second kappa shape index (κ2) is 6.76. The zero-order chi connectivity index (χ0) is 17.9. The number of tetrazole rings is 1. The molecule has 0 saturated carbocycles. The summed E-state index contributed by atoms with van der Waals surface area (Å²) >= 11 is 0. The molecule has 0 atom stereocenters. The Morgan fingerprint density at radius 2 is 1.77 bits per heavy atom. The van der Waals surface area contributed by atoms with Crippen molar-refractivity contribution >= 4 is 22.4 Å². The van der Waals surface area contributed by atoms with Crippen molar-refractivity contribution in [2.24, 2.45) is 0 Å². The van der Waals surface area contributed by atoms with Crippen molar-refractivity contribution in [3.8, 4) is 11.4 Å². The Morgan fingerprint density at radius 3 is 2.65 bits per heavy atom. The Kier molecular flexibility index (Phi) is 4.15. The number of fused-ring (bicyclic) bond motifs is 1. The van der Waals surface area contributed by atoms with Gasteiger partial charge in [-0.2, -0.15) is 4.80 Å². The van der Waals surface area contributed by atoms with Crippen LogP contribution in [0.1, 0.15) is 5.56 Å². The minimum Gasteiger partial charge on any atom is -0.324 e. The Hall–Kier alpha value is -3.54. The highest BCUT2D eigenvalue weighted by molar-refractivity contribution is 6.01. The number of benzene rings is 3. The summed E-state index contributed by atoms with van der Waals surface area (Å²) in [5, 5.41) is 17.4. The van der Waals surface area contributed by atoms with Gasteiger partial charge in [0.05, 0.1) is 0 Å². The zero-order valence-corrected chi connectivity index (χ0v) is 14.3. The van der Waals surface area contributed by atoms with E-state index in [4.69, 9.17) is 0 Å². The van der Waals surface area contributed by atoms with E-state index >= 15 is 0 Å². The topological polar surface area (TPSA) is 72.7 Å². The van der Waals surface area contributed by atoms with Crippen LogP contribution in [0.25, 0.3) is 22.2 Å². The van der Waals surface area contributed by atoms with E-state index in [2.05, 4.69) is 20.7 Å². The van der Waals surface area contributed by atoms with Gasteiger partial charge in [0.15, 0.2) is 0 Å². The van der Waals surface area contributed by atoms with Gasteiger partial charge in [0.1, 0.15) is 6.54 Å². The van der Waals surface area contributed by atoms with E-state index in [-0.39, 0.29) is 12.5 Å². The first-order valence-corrected chi connectivity index (χ1v) is 8.32. The Labute approximate surface area is 150 Å². The molecule has 3 aromatic carbocycles. The van der Waals surface area contributed by atoms with Crippen molar-refractivity contribution in [1.29, 1.82) is 0 Å². The van der Waals surface area contributed by atoms with Gasteiger partial charge in [-0.15, -0.1) is 10.2 Å². The molecule has 1 heterocycles. The van der Waals surface area contributed by atoms with E-state index in [0.717, 1.165) is 27.6 Å². The summed E-state index contributed by atoms with van der Waals surface area (Å²) in [5.41, 5.74) is 2.74. The highest BCUT2D eigenvalue weighted by Crippen LogP contribution is 2.23. The third-order valence-electron chi connectivity index (χ3n) is 4.19. The molecule has 0 spiro atoms. The number of hydrogen-bond donors (Lipinski definition) is 1. The highest BCUT2D eigenvalue weighted by Gasteiger charge is 2.11. The first-order valence-electron chi connectivity index (χ1n) is 8.32. The van der Waals surface area contributed by atoms with Gasteiger partial charge < -0.3 is 5.32 Å². The predicted octanol–water partition coefficient (Wildman–Crippen LogP) is 3.44. The van der Waals surface area contributed by atoms with Crippen LogP contribution in [0, 0.1) is 6.92 Å². The quantitative estimate of drug-likeness (QED) is 0.616. The number of hydrogen-bond acceptors (Lipinski definition) is 4. The number of nitrogens with zero attached hydrogens (tertiary/aromatic N) is 4. The van der Waals surface area contributed by atoms with Crippen molar-refractivity contribution in [2.75, 3.05) is 5.32 Å². The molecule has 0 aliphatic carbocycles. The summed E-state index contributed by atoms with van der Waals surface area (Å²) in [6, 6.07) is 21.5. The molecule has 6 heteroatoms. The monoisotopic (exact) mass is 343 g/mol. The molecule has 128 valence electrons. The van der Waals surface area contributed by atoms with Gasteiger partial charge in [-0.05, 0) is 29.2 Å². The number of carbonyl (C=O) groups excluding carboxylic acids is 1. The van der Waals surface area contributed by atoms with Crippen LogP contribution < -0.4 is 5.32 Å².